The number of carboxylic acid groups (broad SMARTS) is 1. The molecule has 0 unspecified atom stereocenters. The second-order valence-electron chi connectivity index (χ2n) is 3.10. The number of ether oxygens (including phenoxy) is 1. The van der Waals surface area contributed by atoms with Crippen LogP contribution in [0.25, 0.3) is 0 Å². The van der Waals surface area contributed by atoms with Crippen LogP contribution in [-0.4, -0.2) is 18.2 Å². The van der Waals surface area contributed by atoms with Gasteiger partial charge in [-0.1, -0.05) is 6.07 Å². The number of alkyl halides is 2. The number of hydrogen-bond acceptors (Lipinski definition) is 2. The number of aliphatic carboxylic acids is 1. The van der Waals surface area contributed by atoms with Gasteiger partial charge in [0, 0.05) is 0 Å². The molecule has 0 heterocycles. The molecule has 0 fully saturated rings. The van der Waals surface area contributed by atoms with Gasteiger partial charge in [0.15, 0.2) is 11.6 Å². The van der Waals surface area contributed by atoms with Crippen molar-refractivity contribution < 1.29 is 27.8 Å². The number of para-hydroxylation sites is 1. The van der Waals surface area contributed by atoms with Crippen LogP contribution >= 0.6 is 0 Å². The van der Waals surface area contributed by atoms with Crippen LogP contribution in [-0.2, 0) is 10.7 Å². The normalized spacial score (nSPS) is 11.2. The molecule has 1 aromatic rings. The first kappa shape index (κ1) is 12.4. The second-order valence-corrected chi connectivity index (χ2v) is 3.10. The molecular weight excluding hydrogens is 225 g/mol. The van der Waals surface area contributed by atoms with Gasteiger partial charge in [-0.2, -0.15) is 0 Å². The lowest BCUT2D eigenvalue weighted by atomic mass is 10.0. The Balaban J connectivity index is 3.21. The van der Waals surface area contributed by atoms with Crippen LogP contribution in [0.5, 0.6) is 5.75 Å². The first-order valence-corrected chi connectivity index (χ1v) is 4.31. The quantitative estimate of drug-likeness (QED) is 0.870. The maximum absolute atomic E-state index is 13.4. The monoisotopic (exact) mass is 234 g/mol. The van der Waals surface area contributed by atoms with Crippen molar-refractivity contribution in [3.63, 3.8) is 0 Å². The molecule has 0 bridgehead atoms. The van der Waals surface area contributed by atoms with E-state index in [0.717, 1.165) is 25.3 Å². The van der Waals surface area contributed by atoms with E-state index < -0.39 is 35.4 Å². The predicted octanol–water partition coefficient (Wildman–Crippen LogP) is 2.40. The zero-order valence-corrected chi connectivity index (χ0v) is 8.34. The van der Waals surface area contributed by atoms with Crippen LogP contribution in [0.1, 0.15) is 12.0 Å². The fourth-order valence-corrected chi connectivity index (χ4v) is 1.29. The van der Waals surface area contributed by atoms with E-state index in [0.29, 0.717) is 0 Å². The fourth-order valence-electron chi connectivity index (χ4n) is 1.29. The topological polar surface area (TPSA) is 46.5 Å². The second kappa shape index (κ2) is 4.42. The molecule has 0 atom stereocenters. The molecule has 16 heavy (non-hydrogen) atoms. The molecular formula is C10H9F3O3. The highest BCUT2D eigenvalue weighted by atomic mass is 19.3. The molecule has 0 saturated heterocycles. The van der Waals surface area contributed by atoms with Gasteiger partial charge >= 0.3 is 5.97 Å². The maximum atomic E-state index is 13.4. The van der Waals surface area contributed by atoms with Crippen molar-refractivity contribution in [3.05, 3.63) is 29.6 Å². The highest BCUT2D eigenvalue weighted by Crippen LogP contribution is 2.38. The van der Waals surface area contributed by atoms with Crippen molar-refractivity contribution in [3.8, 4) is 5.75 Å². The molecule has 0 aliphatic carbocycles. The molecule has 0 radical (unpaired) electrons. The Morgan fingerprint density at radius 1 is 1.50 bits per heavy atom. The Bertz CT molecular complexity index is 404. The summed E-state index contributed by atoms with van der Waals surface area (Å²) in [5, 5.41) is 8.33. The Labute approximate surface area is 89.5 Å². The van der Waals surface area contributed by atoms with E-state index in [1.807, 2.05) is 0 Å². The molecule has 0 aromatic heterocycles. The highest BCUT2D eigenvalue weighted by Gasteiger charge is 2.38. The van der Waals surface area contributed by atoms with Crippen molar-refractivity contribution >= 4 is 5.97 Å². The molecule has 0 saturated carbocycles. The van der Waals surface area contributed by atoms with E-state index >= 15 is 0 Å². The fraction of sp³-hybridized carbons (Fsp3) is 0.300. The third-order valence-corrected chi connectivity index (χ3v) is 1.94. The van der Waals surface area contributed by atoms with Gasteiger partial charge in [-0.15, -0.1) is 0 Å². The van der Waals surface area contributed by atoms with Gasteiger partial charge in [-0.25, -0.2) is 13.2 Å². The molecule has 0 aliphatic heterocycles. The van der Waals surface area contributed by atoms with Gasteiger partial charge < -0.3 is 9.84 Å². The van der Waals surface area contributed by atoms with Crippen molar-refractivity contribution in [2.45, 2.75) is 12.3 Å². The number of benzene rings is 1. The Morgan fingerprint density at radius 2 is 2.12 bits per heavy atom. The standard InChI is InChI=1S/C10H9F3O3/c1-16-9-6(3-2-4-7(9)11)10(12,13)5-8(14)15/h2-4H,5H2,1H3,(H,14,15). The maximum Gasteiger partial charge on any atom is 0.309 e. The minimum Gasteiger partial charge on any atom is -0.493 e. The lowest BCUT2D eigenvalue weighted by Gasteiger charge is -2.17. The number of rotatable bonds is 4. The van der Waals surface area contributed by atoms with E-state index in [-0.39, 0.29) is 0 Å². The first-order chi connectivity index (χ1) is 7.38. The van der Waals surface area contributed by atoms with Gasteiger partial charge in [0.2, 0.25) is 0 Å². The largest absolute Gasteiger partial charge is 0.493 e. The number of carbonyl (C=O) groups is 1. The molecule has 0 aliphatic rings. The summed E-state index contributed by atoms with van der Waals surface area (Å²) in [6, 6.07) is 2.97. The Kier molecular flexibility index (Phi) is 3.41. The number of methoxy groups -OCH3 is 1. The van der Waals surface area contributed by atoms with Gasteiger partial charge in [0.25, 0.3) is 5.92 Å². The molecule has 1 aromatic carbocycles. The summed E-state index contributed by atoms with van der Waals surface area (Å²) >= 11 is 0. The van der Waals surface area contributed by atoms with Crippen LogP contribution in [0, 0.1) is 5.82 Å². The minimum atomic E-state index is -3.67. The van der Waals surface area contributed by atoms with Gasteiger partial charge in [0.1, 0.15) is 6.42 Å². The van der Waals surface area contributed by atoms with E-state index in [9.17, 15) is 18.0 Å². The summed E-state index contributed by atoms with van der Waals surface area (Å²) < 4.78 is 44.4. The average Bonchev–Trinajstić information content (AvgIpc) is 2.15. The Morgan fingerprint density at radius 3 is 2.62 bits per heavy atom. The third-order valence-electron chi connectivity index (χ3n) is 1.94. The average molecular weight is 234 g/mol. The zero-order valence-electron chi connectivity index (χ0n) is 8.34. The van der Waals surface area contributed by atoms with Crippen LogP contribution in [0.4, 0.5) is 13.2 Å². The summed E-state index contributed by atoms with van der Waals surface area (Å²) in [5.41, 5.74) is -0.766. The summed E-state index contributed by atoms with van der Waals surface area (Å²) in [4.78, 5) is 10.3. The van der Waals surface area contributed by atoms with E-state index in [1.54, 1.807) is 0 Å². The van der Waals surface area contributed by atoms with Crippen molar-refractivity contribution in [2.75, 3.05) is 7.11 Å². The van der Waals surface area contributed by atoms with Gasteiger partial charge in [-0.05, 0) is 12.1 Å². The smallest absolute Gasteiger partial charge is 0.309 e. The summed E-state index contributed by atoms with van der Waals surface area (Å²) in [5.74, 6) is -6.92. The van der Waals surface area contributed by atoms with Crippen LogP contribution in [0.3, 0.4) is 0 Å². The summed E-state index contributed by atoms with van der Waals surface area (Å²) in [6.07, 6.45) is -1.41. The van der Waals surface area contributed by atoms with Gasteiger partial charge in [-0.3, -0.25) is 4.79 Å². The number of halogens is 3. The number of hydrogen-bond donors (Lipinski definition) is 1. The SMILES string of the molecule is COc1c(F)cccc1C(F)(F)CC(=O)O. The summed E-state index contributed by atoms with van der Waals surface area (Å²) in [6.45, 7) is 0. The Hall–Kier alpha value is -1.72. The number of carboxylic acids is 1. The third kappa shape index (κ3) is 2.44. The molecule has 0 spiro atoms. The van der Waals surface area contributed by atoms with E-state index in [4.69, 9.17) is 5.11 Å². The van der Waals surface area contributed by atoms with Crippen LogP contribution in [0.2, 0.25) is 0 Å². The van der Waals surface area contributed by atoms with Crippen LogP contribution in [0.15, 0.2) is 18.2 Å². The summed E-state index contributed by atoms with van der Waals surface area (Å²) in [7, 11) is 1.04. The molecule has 6 heteroatoms. The van der Waals surface area contributed by atoms with Crippen LogP contribution < -0.4 is 4.74 Å². The van der Waals surface area contributed by atoms with Crippen molar-refractivity contribution in [1.82, 2.24) is 0 Å². The lowest BCUT2D eigenvalue weighted by molar-refractivity contribution is -0.145. The lowest BCUT2D eigenvalue weighted by Crippen LogP contribution is -2.19. The first-order valence-electron chi connectivity index (χ1n) is 4.31. The van der Waals surface area contributed by atoms with Crippen molar-refractivity contribution in [2.24, 2.45) is 0 Å². The van der Waals surface area contributed by atoms with Crippen molar-refractivity contribution in [1.29, 1.82) is 0 Å². The highest BCUT2D eigenvalue weighted by molar-refractivity contribution is 5.68. The predicted molar refractivity (Wildman–Crippen MR) is 49.1 cm³/mol. The minimum absolute atomic E-state index is 0.631. The molecule has 1 N–H and O–H groups in total. The van der Waals surface area contributed by atoms with E-state index in [1.165, 1.54) is 0 Å². The molecule has 1 rings (SSSR count). The molecule has 0 amide bonds. The molecule has 3 nitrogen and oxygen atoms in total. The molecule has 88 valence electrons. The van der Waals surface area contributed by atoms with Gasteiger partial charge in [0.05, 0.1) is 12.7 Å². The zero-order chi connectivity index (χ0) is 12.3. The van der Waals surface area contributed by atoms with E-state index in [2.05, 4.69) is 4.74 Å².